The normalized spacial score (nSPS) is 26.7. The number of allylic oxidation sites excluding steroid dienone is 4. The van der Waals surface area contributed by atoms with Gasteiger partial charge in [-0.1, -0.05) is 33.4 Å². The Morgan fingerprint density at radius 2 is 2.24 bits per heavy atom. The van der Waals surface area contributed by atoms with Crippen LogP contribution >= 0.6 is 0 Å². The molecule has 0 radical (unpaired) electrons. The summed E-state index contributed by atoms with van der Waals surface area (Å²) in [5, 5.41) is 3.66. The van der Waals surface area contributed by atoms with Crippen LogP contribution in [-0.2, 0) is 4.74 Å². The van der Waals surface area contributed by atoms with Gasteiger partial charge in [-0.25, -0.2) is 0 Å². The predicted molar refractivity (Wildman–Crippen MR) is 89.1 cm³/mol. The Kier molecular flexibility index (Phi) is 5.05. The van der Waals surface area contributed by atoms with E-state index >= 15 is 0 Å². The molecule has 0 aromatic carbocycles. The number of nitrogens with one attached hydrogen (secondary N) is 1. The lowest BCUT2D eigenvalue weighted by Gasteiger charge is -2.32. The van der Waals surface area contributed by atoms with E-state index in [-0.39, 0.29) is 0 Å². The van der Waals surface area contributed by atoms with Gasteiger partial charge in [0.2, 0.25) is 0 Å². The molecular weight excluding hydrogens is 260 g/mol. The lowest BCUT2D eigenvalue weighted by Crippen LogP contribution is -2.36. The first-order chi connectivity index (χ1) is 10.1. The molecule has 2 aliphatic rings. The van der Waals surface area contributed by atoms with Crippen molar-refractivity contribution >= 4 is 5.71 Å². The van der Waals surface area contributed by atoms with E-state index in [1.165, 1.54) is 5.70 Å². The number of hydrogen-bond acceptors (Lipinski definition) is 3. The summed E-state index contributed by atoms with van der Waals surface area (Å²) in [5.41, 5.74) is 4.32. The highest BCUT2D eigenvalue weighted by molar-refractivity contribution is 6.15. The lowest BCUT2D eigenvalue weighted by molar-refractivity contribution is 0.293. The van der Waals surface area contributed by atoms with E-state index in [0.717, 1.165) is 41.9 Å². The van der Waals surface area contributed by atoms with Gasteiger partial charge in [-0.15, -0.1) is 0 Å². The number of ether oxygens (including phenoxy) is 1. The lowest BCUT2D eigenvalue weighted by atomic mass is 9.87. The van der Waals surface area contributed by atoms with Crippen LogP contribution in [-0.4, -0.2) is 18.9 Å². The zero-order chi connectivity index (χ0) is 15.4. The van der Waals surface area contributed by atoms with E-state index in [9.17, 15) is 0 Å². The Hall–Kier alpha value is -1.77. The number of dihydropyridines is 1. The van der Waals surface area contributed by atoms with Gasteiger partial charge >= 0.3 is 0 Å². The molecule has 2 atom stereocenters. The molecule has 2 heterocycles. The van der Waals surface area contributed by atoms with Gasteiger partial charge in [0.25, 0.3) is 0 Å². The van der Waals surface area contributed by atoms with Crippen LogP contribution in [0.3, 0.4) is 0 Å². The molecule has 2 unspecified atom stereocenters. The Labute approximate surface area is 128 Å². The van der Waals surface area contributed by atoms with Gasteiger partial charge in [0.1, 0.15) is 5.76 Å². The number of rotatable bonds is 4. The number of aliphatic imine (C=N–C) groups is 1. The Morgan fingerprint density at radius 1 is 1.48 bits per heavy atom. The fourth-order valence-corrected chi connectivity index (χ4v) is 2.75. The van der Waals surface area contributed by atoms with Crippen molar-refractivity contribution < 1.29 is 4.74 Å². The van der Waals surface area contributed by atoms with Crippen molar-refractivity contribution in [2.24, 2.45) is 10.9 Å². The maximum absolute atomic E-state index is 5.68. The third-order valence-electron chi connectivity index (χ3n) is 4.16. The topological polar surface area (TPSA) is 33.6 Å². The monoisotopic (exact) mass is 286 g/mol. The van der Waals surface area contributed by atoms with E-state index in [1.54, 1.807) is 7.11 Å². The van der Waals surface area contributed by atoms with Gasteiger partial charge < -0.3 is 10.1 Å². The Bertz CT molecular complexity index is 537. The summed E-state index contributed by atoms with van der Waals surface area (Å²) in [4.78, 5) is 4.64. The molecular formula is C18H26N2O. The Balaban J connectivity index is 2.59. The third kappa shape index (κ3) is 3.12. The van der Waals surface area contributed by atoms with Crippen LogP contribution in [0.1, 0.15) is 40.0 Å². The summed E-state index contributed by atoms with van der Waals surface area (Å²) < 4.78 is 5.68. The number of methoxy groups -OCH3 is 1. The summed E-state index contributed by atoms with van der Waals surface area (Å²) in [6.45, 7) is 10.7. The van der Waals surface area contributed by atoms with Crippen molar-refractivity contribution in [3.63, 3.8) is 0 Å². The van der Waals surface area contributed by atoms with Gasteiger partial charge in [-0.2, -0.15) is 0 Å². The predicted octanol–water partition coefficient (Wildman–Crippen LogP) is 4.11. The highest BCUT2D eigenvalue weighted by atomic mass is 16.5. The highest BCUT2D eigenvalue weighted by Gasteiger charge is 2.29. The van der Waals surface area contributed by atoms with Crippen LogP contribution in [0, 0.1) is 5.92 Å². The molecule has 0 saturated heterocycles. The summed E-state index contributed by atoms with van der Waals surface area (Å²) >= 11 is 0. The Morgan fingerprint density at radius 3 is 2.86 bits per heavy atom. The van der Waals surface area contributed by atoms with Gasteiger partial charge in [0.15, 0.2) is 0 Å². The highest BCUT2D eigenvalue weighted by Crippen LogP contribution is 2.32. The molecule has 21 heavy (non-hydrogen) atoms. The van der Waals surface area contributed by atoms with Gasteiger partial charge in [-0.3, -0.25) is 4.99 Å². The minimum Gasteiger partial charge on any atom is -0.496 e. The zero-order valence-corrected chi connectivity index (χ0v) is 13.6. The molecule has 0 bridgehead atoms. The molecule has 0 aromatic heterocycles. The fraction of sp³-hybridized carbons (Fsp3) is 0.500. The van der Waals surface area contributed by atoms with E-state index in [0.29, 0.717) is 12.0 Å². The fourth-order valence-electron chi connectivity index (χ4n) is 2.75. The summed E-state index contributed by atoms with van der Waals surface area (Å²) in [6, 6.07) is 0.320. The molecule has 0 fully saturated rings. The molecule has 0 amide bonds. The van der Waals surface area contributed by atoms with Crippen molar-refractivity contribution in [2.45, 2.75) is 46.1 Å². The molecule has 114 valence electrons. The second-order valence-electron chi connectivity index (χ2n) is 5.64. The van der Waals surface area contributed by atoms with Crippen molar-refractivity contribution in [1.82, 2.24) is 5.32 Å². The van der Waals surface area contributed by atoms with Crippen LogP contribution in [0.15, 0.2) is 52.5 Å². The standard InChI is InChI=1S/C18H26N2O/c1-6-12(3)17-16-15(21-5)11-14(7-2)20-18(16)13(4)9-8-10-19-17/h8,10-11,13-14,20H,3,6-7,9H2,1-2,4-5H3/b10-8+,19-17?. The summed E-state index contributed by atoms with van der Waals surface area (Å²) in [6.07, 6.45) is 9.09. The van der Waals surface area contributed by atoms with Crippen LogP contribution in [0.4, 0.5) is 0 Å². The molecule has 2 aliphatic heterocycles. The average Bonchev–Trinajstić information content (AvgIpc) is 2.51. The second-order valence-corrected chi connectivity index (χ2v) is 5.64. The first-order valence-corrected chi connectivity index (χ1v) is 7.80. The average molecular weight is 286 g/mol. The van der Waals surface area contributed by atoms with Crippen LogP contribution in [0.2, 0.25) is 0 Å². The van der Waals surface area contributed by atoms with E-state index in [2.05, 4.69) is 49.8 Å². The molecule has 2 rings (SSSR count). The first kappa shape index (κ1) is 15.6. The SMILES string of the molecule is C=C(CC)C1=N/C=C/CC(C)C2=C1C(OC)=CC(CC)N2. The minimum absolute atomic E-state index is 0.320. The number of nitrogens with zero attached hydrogens (tertiary/aromatic N) is 1. The molecule has 3 heteroatoms. The second kappa shape index (κ2) is 6.79. The summed E-state index contributed by atoms with van der Waals surface area (Å²) in [7, 11) is 1.74. The van der Waals surface area contributed by atoms with Gasteiger partial charge in [0.05, 0.1) is 18.4 Å². The van der Waals surface area contributed by atoms with E-state index in [4.69, 9.17) is 4.74 Å². The van der Waals surface area contributed by atoms with Crippen LogP contribution in [0.5, 0.6) is 0 Å². The molecule has 0 aromatic rings. The third-order valence-corrected chi connectivity index (χ3v) is 4.16. The van der Waals surface area contributed by atoms with E-state index in [1.807, 2.05) is 6.20 Å². The van der Waals surface area contributed by atoms with Crippen molar-refractivity contribution in [3.8, 4) is 0 Å². The van der Waals surface area contributed by atoms with E-state index < -0.39 is 0 Å². The molecule has 0 saturated carbocycles. The quantitative estimate of drug-likeness (QED) is 0.843. The molecule has 3 nitrogen and oxygen atoms in total. The minimum atomic E-state index is 0.320. The largest absolute Gasteiger partial charge is 0.496 e. The smallest absolute Gasteiger partial charge is 0.128 e. The zero-order valence-electron chi connectivity index (χ0n) is 13.6. The number of hydrogen-bond donors (Lipinski definition) is 1. The van der Waals surface area contributed by atoms with Crippen LogP contribution in [0.25, 0.3) is 0 Å². The molecule has 0 spiro atoms. The van der Waals surface area contributed by atoms with Gasteiger partial charge in [0, 0.05) is 23.9 Å². The van der Waals surface area contributed by atoms with Crippen molar-refractivity contribution in [2.75, 3.05) is 7.11 Å². The maximum Gasteiger partial charge on any atom is 0.128 e. The van der Waals surface area contributed by atoms with Gasteiger partial charge in [-0.05, 0) is 30.9 Å². The first-order valence-electron chi connectivity index (χ1n) is 7.80. The van der Waals surface area contributed by atoms with Crippen LogP contribution < -0.4 is 5.32 Å². The maximum atomic E-state index is 5.68. The molecule has 0 aliphatic carbocycles. The molecule has 1 N–H and O–H groups in total. The summed E-state index contributed by atoms with van der Waals surface area (Å²) in [5.74, 6) is 1.34. The van der Waals surface area contributed by atoms with Crippen molar-refractivity contribution in [1.29, 1.82) is 0 Å². The van der Waals surface area contributed by atoms with Crippen molar-refractivity contribution in [3.05, 3.63) is 47.5 Å².